The van der Waals surface area contributed by atoms with Gasteiger partial charge >= 0.3 is 0 Å². The predicted octanol–water partition coefficient (Wildman–Crippen LogP) is 6.16. The fourth-order valence-corrected chi connectivity index (χ4v) is 5.53. The standard InChI is InChI=1S/C24H25Cl2N3O2S/c1-24(2,3)23(31)29-12-10-28(11-13-29)18-9-8-15(14-17(18)25)27-22(30)21-20(26)16-6-4-5-7-19(16)32-21/h4-9,14H,10-13H2,1-3H3,(H,27,30). The van der Waals surface area contributed by atoms with E-state index in [0.717, 1.165) is 15.8 Å². The molecule has 1 N–H and O–H groups in total. The number of piperazine rings is 1. The molecule has 0 spiro atoms. The molecule has 0 aliphatic carbocycles. The van der Waals surface area contributed by atoms with Crippen LogP contribution in [0.2, 0.25) is 10.0 Å². The summed E-state index contributed by atoms with van der Waals surface area (Å²) in [6.45, 7) is 8.58. The molecule has 2 aromatic carbocycles. The van der Waals surface area contributed by atoms with Gasteiger partial charge in [-0.15, -0.1) is 11.3 Å². The quantitative estimate of drug-likeness (QED) is 0.479. The third-order valence-electron chi connectivity index (χ3n) is 5.50. The molecule has 1 aliphatic rings. The summed E-state index contributed by atoms with van der Waals surface area (Å²) < 4.78 is 0.972. The van der Waals surface area contributed by atoms with E-state index < -0.39 is 0 Å². The average molecular weight is 490 g/mol. The molecule has 0 unspecified atom stereocenters. The monoisotopic (exact) mass is 489 g/mol. The van der Waals surface area contributed by atoms with Crippen LogP contribution in [-0.2, 0) is 4.79 Å². The van der Waals surface area contributed by atoms with Crippen molar-refractivity contribution in [3.63, 3.8) is 0 Å². The van der Waals surface area contributed by atoms with Crippen molar-refractivity contribution >= 4 is 67.8 Å². The van der Waals surface area contributed by atoms with E-state index in [2.05, 4.69) is 10.2 Å². The van der Waals surface area contributed by atoms with Gasteiger partial charge in [-0.05, 0) is 24.3 Å². The largest absolute Gasteiger partial charge is 0.367 e. The van der Waals surface area contributed by atoms with Crippen molar-refractivity contribution < 1.29 is 9.59 Å². The van der Waals surface area contributed by atoms with Crippen molar-refractivity contribution in [2.75, 3.05) is 36.4 Å². The third kappa shape index (κ3) is 4.58. The topological polar surface area (TPSA) is 52.7 Å². The number of carbonyl (C=O) groups excluding carboxylic acids is 2. The zero-order chi connectivity index (χ0) is 23.0. The molecule has 2 amide bonds. The van der Waals surface area contributed by atoms with E-state index in [-0.39, 0.29) is 17.2 Å². The van der Waals surface area contributed by atoms with Crippen LogP contribution in [0.4, 0.5) is 11.4 Å². The lowest BCUT2D eigenvalue weighted by Crippen LogP contribution is -2.51. The molecular weight excluding hydrogens is 465 g/mol. The van der Waals surface area contributed by atoms with E-state index in [1.54, 1.807) is 6.07 Å². The second-order valence-electron chi connectivity index (χ2n) is 8.89. The number of hydrogen-bond acceptors (Lipinski definition) is 4. The Hall–Kier alpha value is -2.28. The number of benzene rings is 2. The lowest BCUT2D eigenvalue weighted by Gasteiger charge is -2.39. The predicted molar refractivity (Wildman–Crippen MR) is 134 cm³/mol. The summed E-state index contributed by atoms with van der Waals surface area (Å²) in [5.74, 6) is -0.0875. The Morgan fingerprint density at radius 1 is 1.00 bits per heavy atom. The third-order valence-corrected chi connectivity index (χ3v) is 7.47. The fourth-order valence-electron chi connectivity index (χ4n) is 3.81. The summed E-state index contributed by atoms with van der Waals surface area (Å²) in [6.07, 6.45) is 0. The summed E-state index contributed by atoms with van der Waals surface area (Å²) in [5, 5.41) is 4.80. The maximum Gasteiger partial charge on any atom is 0.267 e. The molecule has 1 saturated heterocycles. The number of nitrogens with zero attached hydrogens (tertiary/aromatic N) is 2. The first-order valence-corrected chi connectivity index (χ1v) is 12.0. The number of rotatable bonds is 3. The molecule has 0 atom stereocenters. The molecule has 0 bridgehead atoms. The normalized spacial score (nSPS) is 14.7. The molecular formula is C24H25Cl2N3O2S. The number of amides is 2. The van der Waals surface area contributed by atoms with Crippen LogP contribution < -0.4 is 10.2 Å². The van der Waals surface area contributed by atoms with Crippen molar-refractivity contribution in [2.45, 2.75) is 20.8 Å². The van der Waals surface area contributed by atoms with E-state index in [0.29, 0.717) is 46.8 Å². The lowest BCUT2D eigenvalue weighted by molar-refractivity contribution is -0.139. The second-order valence-corrected chi connectivity index (χ2v) is 10.7. The molecule has 0 saturated carbocycles. The molecule has 1 aliphatic heterocycles. The smallest absolute Gasteiger partial charge is 0.267 e. The lowest BCUT2D eigenvalue weighted by atomic mass is 9.94. The van der Waals surface area contributed by atoms with Gasteiger partial charge in [-0.2, -0.15) is 0 Å². The Balaban J connectivity index is 1.44. The summed E-state index contributed by atoms with van der Waals surface area (Å²) in [6, 6.07) is 13.2. The molecule has 0 radical (unpaired) electrons. The van der Waals surface area contributed by atoms with Crippen LogP contribution in [0.15, 0.2) is 42.5 Å². The first kappa shape index (κ1) is 22.9. The molecule has 5 nitrogen and oxygen atoms in total. The highest BCUT2D eigenvalue weighted by atomic mass is 35.5. The molecule has 3 aromatic rings. The molecule has 8 heteroatoms. The van der Waals surface area contributed by atoms with Gasteiger partial charge in [0.15, 0.2) is 0 Å². The van der Waals surface area contributed by atoms with Gasteiger partial charge in [0.1, 0.15) is 4.88 Å². The van der Waals surface area contributed by atoms with E-state index in [4.69, 9.17) is 23.2 Å². The summed E-state index contributed by atoms with van der Waals surface area (Å²) in [7, 11) is 0. The number of halogens is 2. The van der Waals surface area contributed by atoms with Gasteiger partial charge < -0.3 is 15.1 Å². The van der Waals surface area contributed by atoms with Crippen molar-refractivity contribution in [3.8, 4) is 0 Å². The maximum absolute atomic E-state index is 12.8. The Morgan fingerprint density at radius 2 is 1.69 bits per heavy atom. The van der Waals surface area contributed by atoms with E-state index in [1.165, 1.54) is 11.3 Å². The summed E-state index contributed by atoms with van der Waals surface area (Å²) in [4.78, 5) is 29.9. The Bertz CT molecular complexity index is 1180. The van der Waals surface area contributed by atoms with Crippen LogP contribution >= 0.6 is 34.5 Å². The molecule has 1 fully saturated rings. The number of carbonyl (C=O) groups is 2. The van der Waals surface area contributed by atoms with Gasteiger partial charge in [-0.3, -0.25) is 9.59 Å². The van der Waals surface area contributed by atoms with E-state index >= 15 is 0 Å². The highest BCUT2D eigenvalue weighted by Gasteiger charge is 2.30. The zero-order valence-corrected chi connectivity index (χ0v) is 20.6. The maximum atomic E-state index is 12.8. The summed E-state index contributed by atoms with van der Waals surface area (Å²) >= 11 is 14.4. The molecule has 1 aromatic heterocycles. The fraction of sp³-hybridized carbons (Fsp3) is 0.333. The Labute approximate surface area is 201 Å². The first-order valence-electron chi connectivity index (χ1n) is 10.5. The highest BCUT2D eigenvalue weighted by molar-refractivity contribution is 7.21. The average Bonchev–Trinajstić information content (AvgIpc) is 3.10. The van der Waals surface area contributed by atoms with Crippen LogP contribution in [0.3, 0.4) is 0 Å². The van der Waals surface area contributed by atoms with Gasteiger partial charge in [0.25, 0.3) is 5.91 Å². The highest BCUT2D eigenvalue weighted by Crippen LogP contribution is 2.36. The van der Waals surface area contributed by atoms with Gasteiger partial charge in [0.05, 0.1) is 15.7 Å². The van der Waals surface area contributed by atoms with Crippen LogP contribution in [0.1, 0.15) is 30.4 Å². The van der Waals surface area contributed by atoms with Crippen molar-refractivity contribution in [1.82, 2.24) is 4.90 Å². The van der Waals surface area contributed by atoms with Gasteiger partial charge in [0, 0.05) is 47.4 Å². The Morgan fingerprint density at radius 3 is 2.31 bits per heavy atom. The van der Waals surface area contributed by atoms with Crippen molar-refractivity contribution in [3.05, 3.63) is 57.4 Å². The van der Waals surface area contributed by atoms with E-state index in [9.17, 15) is 9.59 Å². The number of thiophene rings is 1. The zero-order valence-electron chi connectivity index (χ0n) is 18.2. The first-order chi connectivity index (χ1) is 15.1. The van der Waals surface area contributed by atoms with Crippen molar-refractivity contribution in [1.29, 1.82) is 0 Å². The molecule has 168 valence electrons. The minimum atomic E-state index is -0.378. The minimum Gasteiger partial charge on any atom is -0.367 e. The van der Waals surface area contributed by atoms with Crippen LogP contribution in [0.25, 0.3) is 10.1 Å². The SMILES string of the molecule is CC(C)(C)C(=O)N1CCN(c2ccc(NC(=O)c3sc4ccccc4c3Cl)cc2Cl)CC1. The second kappa shape index (κ2) is 8.93. The Kier molecular flexibility index (Phi) is 6.39. The molecule has 4 rings (SSSR count). The number of anilines is 2. The van der Waals surface area contributed by atoms with Gasteiger partial charge in [0.2, 0.25) is 5.91 Å². The number of nitrogens with one attached hydrogen (secondary N) is 1. The molecule has 2 heterocycles. The van der Waals surface area contributed by atoms with Gasteiger partial charge in [-0.1, -0.05) is 62.2 Å². The van der Waals surface area contributed by atoms with Crippen LogP contribution in [0.5, 0.6) is 0 Å². The van der Waals surface area contributed by atoms with E-state index in [1.807, 2.05) is 62.1 Å². The van der Waals surface area contributed by atoms with Crippen LogP contribution in [-0.4, -0.2) is 42.9 Å². The molecule has 32 heavy (non-hydrogen) atoms. The van der Waals surface area contributed by atoms with Gasteiger partial charge in [-0.25, -0.2) is 0 Å². The summed E-state index contributed by atoms with van der Waals surface area (Å²) in [5.41, 5.74) is 1.13. The number of fused-ring (bicyclic) bond motifs is 1. The number of hydrogen-bond donors (Lipinski definition) is 1. The van der Waals surface area contributed by atoms with Crippen LogP contribution in [0, 0.1) is 5.41 Å². The van der Waals surface area contributed by atoms with Crippen molar-refractivity contribution in [2.24, 2.45) is 5.41 Å². The minimum absolute atomic E-state index is 0.168.